The molecular formula is C16H16N2O6S2. The Kier molecular flexibility index (Phi) is 4.62. The number of sulfone groups is 1. The first-order chi connectivity index (χ1) is 12.5. The molecule has 0 unspecified atom stereocenters. The molecule has 0 N–H and O–H groups in total. The van der Waals surface area contributed by atoms with Crippen molar-refractivity contribution in [2.45, 2.75) is 18.1 Å². The summed E-state index contributed by atoms with van der Waals surface area (Å²) in [5.74, 6) is 2.07. The van der Waals surface area contributed by atoms with E-state index in [0.717, 1.165) is 11.8 Å². The number of carbonyl (C=O) groups is 1. The van der Waals surface area contributed by atoms with E-state index in [-0.39, 0.29) is 35.8 Å². The number of nitrogens with zero attached hydrogens (tertiary/aromatic N) is 2. The van der Waals surface area contributed by atoms with Crippen LogP contribution in [0.1, 0.15) is 22.7 Å². The molecule has 0 radical (unpaired) electrons. The quantitative estimate of drug-likeness (QED) is 0.533. The Balaban J connectivity index is 1.32. The Hall–Kier alpha value is -2.07. The van der Waals surface area contributed by atoms with Gasteiger partial charge in [0.25, 0.3) is 5.22 Å². The lowest BCUT2D eigenvalue weighted by atomic mass is 10.1. The topological polar surface area (TPSA) is 109 Å². The van der Waals surface area contributed by atoms with E-state index in [1.807, 2.05) is 0 Å². The lowest BCUT2D eigenvalue weighted by molar-refractivity contribution is 0.102. The molecule has 8 nitrogen and oxygen atoms in total. The van der Waals surface area contributed by atoms with Crippen molar-refractivity contribution in [3.63, 3.8) is 0 Å². The molecule has 10 heteroatoms. The van der Waals surface area contributed by atoms with Gasteiger partial charge >= 0.3 is 0 Å². The number of ether oxygens (including phenoxy) is 2. The standard InChI is InChI=1S/C16H16N2O6S2/c19-12(11-1-2-13-14(6-11)23-9-22-13)7-25-16-18-17-15(24-16)5-10-3-4-26(20,21)8-10/h1-2,6,10H,3-5,7-9H2/t10-/m0/s1. The molecule has 4 rings (SSSR count). The maximum Gasteiger partial charge on any atom is 0.277 e. The number of ketones is 1. The summed E-state index contributed by atoms with van der Waals surface area (Å²) in [7, 11) is -2.92. The number of carbonyl (C=O) groups excluding carboxylic acids is 1. The van der Waals surface area contributed by atoms with Crippen LogP contribution in [0.5, 0.6) is 11.5 Å². The fourth-order valence-electron chi connectivity index (χ4n) is 2.94. The number of hydrogen-bond acceptors (Lipinski definition) is 9. The second kappa shape index (κ2) is 6.92. The zero-order chi connectivity index (χ0) is 18.1. The molecule has 0 saturated carbocycles. The minimum atomic E-state index is -2.92. The van der Waals surface area contributed by atoms with E-state index < -0.39 is 9.84 Å². The number of fused-ring (bicyclic) bond motifs is 1. The van der Waals surface area contributed by atoms with Gasteiger partial charge in [-0.05, 0) is 30.5 Å². The fourth-order valence-corrected chi connectivity index (χ4v) is 5.48. The Morgan fingerprint density at radius 2 is 2.08 bits per heavy atom. The zero-order valence-corrected chi connectivity index (χ0v) is 15.3. The van der Waals surface area contributed by atoms with Crippen LogP contribution in [0.15, 0.2) is 27.8 Å². The number of hydrogen-bond donors (Lipinski definition) is 0. The van der Waals surface area contributed by atoms with Crippen molar-refractivity contribution in [1.82, 2.24) is 10.2 Å². The molecule has 3 heterocycles. The van der Waals surface area contributed by atoms with Crippen molar-refractivity contribution in [3.8, 4) is 11.5 Å². The summed E-state index contributed by atoms with van der Waals surface area (Å²) in [4.78, 5) is 12.3. The van der Waals surface area contributed by atoms with Crippen LogP contribution in [0.25, 0.3) is 0 Å². The largest absolute Gasteiger partial charge is 0.454 e. The molecule has 0 bridgehead atoms. The highest BCUT2D eigenvalue weighted by Gasteiger charge is 2.29. The van der Waals surface area contributed by atoms with E-state index in [0.29, 0.717) is 41.0 Å². The second-order valence-electron chi connectivity index (χ2n) is 6.21. The summed E-state index contributed by atoms with van der Waals surface area (Å²) >= 11 is 1.16. The van der Waals surface area contributed by atoms with Crippen LogP contribution in [0.3, 0.4) is 0 Å². The van der Waals surface area contributed by atoms with Gasteiger partial charge < -0.3 is 13.9 Å². The molecule has 0 spiro atoms. The van der Waals surface area contributed by atoms with Crippen LogP contribution in [0.4, 0.5) is 0 Å². The first-order valence-electron chi connectivity index (χ1n) is 8.07. The molecule has 1 atom stereocenters. The van der Waals surface area contributed by atoms with Gasteiger partial charge in [0.05, 0.1) is 17.3 Å². The van der Waals surface area contributed by atoms with Gasteiger partial charge in [-0.15, -0.1) is 10.2 Å². The molecule has 2 aliphatic rings. The molecule has 1 aromatic heterocycles. The SMILES string of the molecule is O=C(CSc1nnc(C[C@@H]2CCS(=O)(=O)C2)o1)c1ccc2c(c1)OCO2. The van der Waals surface area contributed by atoms with E-state index in [9.17, 15) is 13.2 Å². The predicted molar refractivity (Wildman–Crippen MR) is 92.4 cm³/mol. The van der Waals surface area contributed by atoms with Gasteiger partial charge in [-0.1, -0.05) is 11.8 Å². The number of rotatable bonds is 6. The van der Waals surface area contributed by atoms with Crippen molar-refractivity contribution in [2.24, 2.45) is 5.92 Å². The summed E-state index contributed by atoms with van der Waals surface area (Å²) in [6, 6.07) is 5.06. The first-order valence-corrected chi connectivity index (χ1v) is 10.9. The molecule has 1 fully saturated rings. The Bertz CT molecular complexity index is 940. The summed E-state index contributed by atoms with van der Waals surface area (Å²) in [6.45, 7) is 0.161. The van der Waals surface area contributed by atoms with Crippen molar-refractivity contribution < 1.29 is 27.1 Å². The average molecular weight is 396 g/mol. The van der Waals surface area contributed by atoms with Gasteiger partial charge in [-0.25, -0.2) is 8.42 Å². The van der Waals surface area contributed by atoms with Crippen molar-refractivity contribution >= 4 is 27.4 Å². The highest BCUT2D eigenvalue weighted by atomic mass is 32.2. The monoisotopic (exact) mass is 396 g/mol. The Morgan fingerprint density at radius 1 is 1.23 bits per heavy atom. The molecule has 2 aromatic rings. The summed E-state index contributed by atoms with van der Waals surface area (Å²) in [5, 5.41) is 8.16. The third-order valence-corrected chi connectivity index (χ3v) is 6.92. The van der Waals surface area contributed by atoms with Gasteiger partial charge in [-0.2, -0.15) is 0 Å². The highest BCUT2D eigenvalue weighted by Crippen LogP contribution is 2.33. The van der Waals surface area contributed by atoms with E-state index in [4.69, 9.17) is 13.9 Å². The molecular weight excluding hydrogens is 380 g/mol. The lowest BCUT2D eigenvalue weighted by Gasteiger charge is -2.02. The van der Waals surface area contributed by atoms with Gasteiger partial charge in [0, 0.05) is 12.0 Å². The van der Waals surface area contributed by atoms with E-state index in [1.165, 1.54) is 0 Å². The zero-order valence-electron chi connectivity index (χ0n) is 13.7. The van der Waals surface area contributed by atoms with Gasteiger partial charge in [-0.3, -0.25) is 4.79 Å². The predicted octanol–water partition coefficient (Wildman–Crippen LogP) is 1.75. The van der Waals surface area contributed by atoms with Crippen LogP contribution in [0, 0.1) is 5.92 Å². The van der Waals surface area contributed by atoms with Crippen LogP contribution in [0.2, 0.25) is 0 Å². The average Bonchev–Trinajstić information content (AvgIpc) is 3.32. The molecule has 2 aliphatic heterocycles. The number of benzene rings is 1. The summed E-state index contributed by atoms with van der Waals surface area (Å²) in [5.41, 5.74) is 0.526. The summed E-state index contributed by atoms with van der Waals surface area (Å²) in [6.07, 6.45) is 1.07. The van der Waals surface area contributed by atoms with Crippen LogP contribution >= 0.6 is 11.8 Å². The minimum absolute atomic E-state index is 0.0218. The van der Waals surface area contributed by atoms with E-state index >= 15 is 0 Å². The normalized spacial score (nSPS) is 20.4. The highest BCUT2D eigenvalue weighted by molar-refractivity contribution is 7.99. The Labute approximate surface area is 154 Å². The number of Topliss-reactive ketones (excluding diaryl/α,β-unsaturated/α-hetero) is 1. The van der Waals surface area contributed by atoms with Gasteiger partial charge in [0.2, 0.25) is 12.7 Å². The maximum atomic E-state index is 12.3. The number of thioether (sulfide) groups is 1. The molecule has 0 aliphatic carbocycles. The summed E-state index contributed by atoms with van der Waals surface area (Å²) < 4.78 is 39.0. The van der Waals surface area contributed by atoms with Crippen LogP contribution in [-0.4, -0.2) is 48.4 Å². The van der Waals surface area contributed by atoms with Gasteiger partial charge in [0.1, 0.15) is 0 Å². The lowest BCUT2D eigenvalue weighted by Crippen LogP contribution is -2.07. The first kappa shape index (κ1) is 17.3. The van der Waals surface area contributed by atoms with Crippen molar-refractivity contribution in [1.29, 1.82) is 0 Å². The molecule has 1 aromatic carbocycles. The Morgan fingerprint density at radius 3 is 2.88 bits per heavy atom. The fraction of sp³-hybridized carbons (Fsp3) is 0.438. The molecule has 26 heavy (non-hydrogen) atoms. The van der Waals surface area contributed by atoms with Gasteiger partial charge in [0.15, 0.2) is 27.1 Å². The smallest absolute Gasteiger partial charge is 0.277 e. The van der Waals surface area contributed by atoms with Crippen LogP contribution in [-0.2, 0) is 16.3 Å². The van der Waals surface area contributed by atoms with E-state index in [1.54, 1.807) is 18.2 Å². The third-order valence-electron chi connectivity index (χ3n) is 4.26. The molecule has 0 amide bonds. The molecule has 1 saturated heterocycles. The van der Waals surface area contributed by atoms with Crippen molar-refractivity contribution in [2.75, 3.05) is 24.1 Å². The number of aromatic nitrogens is 2. The molecule has 138 valence electrons. The van der Waals surface area contributed by atoms with Crippen molar-refractivity contribution in [3.05, 3.63) is 29.7 Å². The minimum Gasteiger partial charge on any atom is -0.454 e. The third kappa shape index (κ3) is 3.85. The maximum absolute atomic E-state index is 12.3. The van der Waals surface area contributed by atoms with Crippen LogP contribution < -0.4 is 9.47 Å². The van der Waals surface area contributed by atoms with E-state index in [2.05, 4.69) is 10.2 Å². The second-order valence-corrected chi connectivity index (χ2v) is 9.37.